The normalized spacial score (nSPS) is 17.1. The minimum atomic E-state index is -3.03. The maximum Gasteiger partial charge on any atom is 0.114 e. The Morgan fingerprint density at radius 3 is 1.93 bits per heavy atom. The molecule has 0 aliphatic carbocycles. The van der Waals surface area contributed by atoms with Crippen LogP contribution in [-0.2, 0) is 6.37 Å². The van der Waals surface area contributed by atoms with Crippen LogP contribution in [0.25, 0.3) is 71.6 Å². The van der Waals surface area contributed by atoms with Crippen molar-refractivity contribution in [2.24, 2.45) is 0 Å². The molecule has 0 saturated heterocycles. The molecule has 0 amide bonds. The molecule has 0 aliphatic heterocycles. The monoisotopic (exact) mass is 565 g/mol. The second kappa shape index (κ2) is 10.4. The van der Waals surface area contributed by atoms with E-state index >= 15 is 0 Å². The lowest BCUT2D eigenvalue weighted by atomic mass is 9.85. The molecule has 43 heavy (non-hydrogen) atoms. The highest BCUT2D eigenvalue weighted by Gasteiger charge is 2.18. The maximum absolute atomic E-state index is 8.98. The summed E-state index contributed by atoms with van der Waals surface area (Å²) in [7, 11) is 0. The standard InChI is InChI=1S/C41H30N2/c1-2-39-42-37-19-11-12-20-38(37)43(39)32-24-21-30(22-25-32)40-33-17-9-10-18-34(33)41(29-15-7-4-8-16-29)36-27-31(23-26-35(36)40)28-13-5-3-6-14-28/h3-27H,2H2,1H3/i1D3,2D2,3D,4D,5D,6D,7D,8D,13D,14D,15D,16D. The summed E-state index contributed by atoms with van der Waals surface area (Å²) in [5.74, 6) is -0.291. The van der Waals surface area contributed by atoms with Crippen molar-refractivity contribution in [3.8, 4) is 39.1 Å². The molecule has 1 heterocycles. The minimum absolute atomic E-state index is 0.0701. The van der Waals surface area contributed by atoms with E-state index in [1.54, 1.807) is 84.9 Å². The number of aromatic nitrogens is 2. The van der Waals surface area contributed by atoms with Crippen LogP contribution in [0.4, 0.5) is 0 Å². The van der Waals surface area contributed by atoms with Crippen LogP contribution in [0.5, 0.6) is 0 Å². The first-order valence-electron chi connectivity index (χ1n) is 21.1. The van der Waals surface area contributed by atoms with Gasteiger partial charge < -0.3 is 0 Å². The molecule has 0 unspecified atom stereocenters. The van der Waals surface area contributed by atoms with Gasteiger partial charge in [0, 0.05) is 18.9 Å². The zero-order valence-corrected chi connectivity index (χ0v) is 22.6. The number of fused-ring (bicyclic) bond motifs is 3. The first kappa shape index (κ1) is 14.1. The number of nitrogens with zero attached hydrogens (tertiary/aromatic N) is 2. The molecule has 0 bridgehead atoms. The molecule has 0 N–H and O–H groups in total. The van der Waals surface area contributed by atoms with Crippen molar-refractivity contribution in [2.75, 3.05) is 0 Å². The van der Waals surface area contributed by atoms with E-state index in [1.165, 1.54) is 4.57 Å². The molecule has 0 atom stereocenters. The molecule has 0 fully saturated rings. The number of imidazole rings is 1. The van der Waals surface area contributed by atoms with E-state index in [1.807, 2.05) is 6.07 Å². The van der Waals surface area contributed by atoms with Crippen LogP contribution in [-0.4, -0.2) is 9.55 Å². The van der Waals surface area contributed by atoms with Gasteiger partial charge in [0.1, 0.15) is 5.82 Å². The summed E-state index contributed by atoms with van der Waals surface area (Å²) in [6.07, 6.45) is -2.81. The molecule has 0 saturated carbocycles. The van der Waals surface area contributed by atoms with E-state index in [0.29, 0.717) is 55.0 Å². The second-order valence-corrected chi connectivity index (χ2v) is 9.99. The minimum Gasteiger partial charge on any atom is -0.296 e. The van der Waals surface area contributed by atoms with Crippen molar-refractivity contribution in [1.29, 1.82) is 0 Å². The van der Waals surface area contributed by atoms with Gasteiger partial charge in [0.2, 0.25) is 0 Å². The molecule has 204 valence electrons. The molecule has 2 heteroatoms. The van der Waals surface area contributed by atoms with Gasteiger partial charge in [0.15, 0.2) is 0 Å². The lowest BCUT2D eigenvalue weighted by Gasteiger charge is -2.19. The Kier molecular flexibility index (Phi) is 3.42. The lowest BCUT2D eigenvalue weighted by molar-refractivity contribution is 0.908. The number of hydrogen-bond donors (Lipinski definition) is 0. The Morgan fingerprint density at radius 1 is 0.605 bits per heavy atom. The number of aryl methyl sites for hydroxylation is 1. The van der Waals surface area contributed by atoms with Gasteiger partial charge in [-0.05, 0) is 85.3 Å². The number of para-hydroxylation sites is 2. The fraction of sp³-hybridized carbons (Fsp3) is 0.0488. The second-order valence-electron chi connectivity index (χ2n) is 9.99. The Hall–Kier alpha value is -5.47. The Balaban J connectivity index is 1.46. The Bertz CT molecular complexity index is 2960. The molecular formula is C41H30N2. The molecule has 1 aromatic heterocycles. The van der Waals surface area contributed by atoms with E-state index in [-0.39, 0.29) is 22.5 Å². The Morgan fingerprint density at radius 2 is 1.21 bits per heavy atom. The molecule has 0 aliphatic rings. The highest BCUT2D eigenvalue weighted by molar-refractivity contribution is 6.22. The molecular weight excluding hydrogens is 520 g/mol. The predicted molar refractivity (Wildman–Crippen MR) is 182 cm³/mol. The van der Waals surface area contributed by atoms with Crippen molar-refractivity contribution < 1.29 is 20.6 Å². The molecule has 7 aromatic carbocycles. The molecule has 0 radical (unpaired) electrons. The zero-order chi connectivity index (χ0) is 41.7. The molecule has 8 rings (SSSR count). The topological polar surface area (TPSA) is 17.8 Å². The van der Waals surface area contributed by atoms with Gasteiger partial charge in [-0.2, -0.15) is 0 Å². The summed E-state index contributed by atoms with van der Waals surface area (Å²) in [5, 5.41) is 2.10. The van der Waals surface area contributed by atoms with Gasteiger partial charge in [-0.1, -0.05) is 128 Å². The highest BCUT2D eigenvalue weighted by atomic mass is 15.1. The van der Waals surface area contributed by atoms with E-state index < -0.39 is 73.6 Å². The molecule has 8 aromatic rings. The predicted octanol–water partition coefficient (Wildman–Crippen LogP) is 10.9. The average Bonchev–Trinajstić information content (AvgIpc) is 3.61. The van der Waals surface area contributed by atoms with Crippen molar-refractivity contribution in [1.82, 2.24) is 9.55 Å². The van der Waals surface area contributed by atoms with Crippen LogP contribution >= 0.6 is 0 Å². The van der Waals surface area contributed by atoms with Gasteiger partial charge in [-0.25, -0.2) is 4.98 Å². The fourth-order valence-electron chi connectivity index (χ4n) is 5.83. The summed E-state index contributed by atoms with van der Waals surface area (Å²) >= 11 is 0. The van der Waals surface area contributed by atoms with Crippen molar-refractivity contribution in [2.45, 2.75) is 13.2 Å². The average molecular weight is 566 g/mol. The van der Waals surface area contributed by atoms with Gasteiger partial charge in [0.05, 0.1) is 24.7 Å². The van der Waals surface area contributed by atoms with Crippen LogP contribution in [0, 0.1) is 0 Å². The summed E-state index contributed by atoms with van der Waals surface area (Å²) in [4.78, 5) is 4.42. The quantitative estimate of drug-likeness (QED) is 0.190. The van der Waals surface area contributed by atoms with E-state index in [2.05, 4.69) is 4.98 Å². The fourth-order valence-corrected chi connectivity index (χ4v) is 5.83. The van der Waals surface area contributed by atoms with Crippen LogP contribution in [0.2, 0.25) is 0 Å². The summed E-state index contributed by atoms with van der Waals surface area (Å²) in [6, 6.07) is 21.0. The third-order valence-electron chi connectivity index (χ3n) is 7.65. The van der Waals surface area contributed by atoms with Crippen molar-refractivity contribution in [3.63, 3.8) is 0 Å². The van der Waals surface area contributed by atoms with E-state index in [9.17, 15) is 0 Å². The molecule has 0 spiro atoms. The van der Waals surface area contributed by atoms with E-state index in [4.69, 9.17) is 20.6 Å². The first-order valence-corrected chi connectivity index (χ1v) is 13.6. The summed E-state index contributed by atoms with van der Waals surface area (Å²) < 4.78 is 128. The third kappa shape index (κ3) is 4.23. The van der Waals surface area contributed by atoms with Crippen LogP contribution in [0.15, 0.2) is 151 Å². The van der Waals surface area contributed by atoms with E-state index in [0.717, 1.165) is 0 Å². The van der Waals surface area contributed by atoms with Gasteiger partial charge in [0.25, 0.3) is 0 Å². The number of benzene rings is 7. The van der Waals surface area contributed by atoms with Gasteiger partial charge >= 0.3 is 0 Å². The lowest BCUT2D eigenvalue weighted by Crippen LogP contribution is -2.00. The van der Waals surface area contributed by atoms with Crippen molar-refractivity contribution in [3.05, 3.63) is 157 Å². The van der Waals surface area contributed by atoms with Crippen LogP contribution < -0.4 is 0 Å². The first-order chi connectivity index (χ1) is 27.4. The number of rotatable bonds is 5. The van der Waals surface area contributed by atoms with Crippen molar-refractivity contribution >= 4 is 32.6 Å². The van der Waals surface area contributed by atoms with Crippen LogP contribution in [0.1, 0.15) is 33.2 Å². The Labute approximate surface area is 272 Å². The van der Waals surface area contributed by atoms with Crippen LogP contribution in [0.3, 0.4) is 0 Å². The summed E-state index contributed by atoms with van der Waals surface area (Å²) in [6.45, 7) is -3.03. The summed E-state index contributed by atoms with van der Waals surface area (Å²) in [5.41, 5.74) is 3.05. The van der Waals surface area contributed by atoms with Gasteiger partial charge in [-0.15, -0.1) is 0 Å². The molecule has 2 nitrogen and oxygen atoms in total. The zero-order valence-electron chi connectivity index (χ0n) is 37.6. The number of hydrogen-bond acceptors (Lipinski definition) is 1. The smallest absolute Gasteiger partial charge is 0.114 e. The van der Waals surface area contributed by atoms with Gasteiger partial charge in [-0.3, -0.25) is 4.57 Å². The largest absolute Gasteiger partial charge is 0.296 e. The highest BCUT2D eigenvalue weighted by Crippen LogP contribution is 2.45. The SMILES string of the molecule is [2H]c1c([2H])c([2H])c(-c2ccc3c(-c4ccc(-n5c(C([2H])([2H])C([2H])([2H])[2H])nc6ccccc65)cc4)c4ccccc4c(-c4c([2H])c([2H])c([2H])c([2H])c4[2H])c3c2)c([2H])c1[2H]. The maximum atomic E-state index is 8.98. The third-order valence-corrected chi connectivity index (χ3v) is 7.65.